The van der Waals surface area contributed by atoms with Gasteiger partial charge in [-0.05, 0) is 40.3 Å². The molecule has 2 heterocycles. The summed E-state index contributed by atoms with van der Waals surface area (Å²) in [6.45, 7) is 31.6. The molecule has 0 bridgehead atoms. The van der Waals surface area contributed by atoms with Crippen LogP contribution in [0.25, 0.3) is 0 Å². The first-order valence-corrected chi connectivity index (χ1v) is 28.6. The Morgan fingerprint density at radius 2 is 1.02 bits per heavy atom. The topological polar surface area (TPSA) is 134 Å². The first-order chi connectivity index (χ1) is 23.7. The highest BCUT2D eigenvalue weighted by Gasteiger charge is 2.37. The van der Waals surface area contributed by atoms with Crippen molar-refractivity contribution in [3.05, 3.63) is 0 Å². The summed E-state index contributed by atoms with van der Waals surface area (Å²) in [5, 5.41) is 0.852. The van der Waals surface area contributed by atoms with Crippen LogP contribution in [0.5, 0.6) is 0 Å². The molecular formula is C27H60Cl5F6N6O6S2Si2-. The summed E-state index contributed by atoms with van der Waals surface area (Å²) in [5.74, 6) is 0. The number of amidine groups is 1. The lowest BCUT2D eigenvalue weighted by atomic mass is 10.5. The van der Waals surface area contributed by atoms with Crippen molar-refractivity contribution in [1.82, 2.24) is 24.2 Å². The standard InChI is InChI=1S/C9H21N3.C7H19NSi.C5H10ClN2.C3H9ClSi.CHCl3.2CHF3O3S/c1-5-12(6-2)9-10(3)7-8-11(9)4;1-6-8(7-2)9(3,4)5;1-7-3-4-8(2)5(7)6;1-5(2,3)4;2-1(3)4;2*2-1(3,4)8(5,6)7/h9H,5-8H2,1-4H3;6-7H2,1-5H3;3-4H2,1-2H3;1-3H3;1H;2*(H,5,6,7)/q;;+1;;;;/p-2. The molecule has 1 fully saturated rings. The molecule has 0 radical (unpaired) electrons. The quantitative estimate of drug-likeness (QED) is 0.0400. The van der Waals surface area contributed by atoms with Gasteiger partial charge in [-0.3, -0.25) is 24.2 Å². The molecule has 0 aromatic carbocycles. The molecule has 0 aromatic heterocycles. The third kappa shape index (κ3) is 35.7. The van der Waals surface area contributed by atoms with E-state index >= 15 is 0 Å². The minimum absolute atomic E-state index is 0.528. The first kappa shape index (κ1) is 63.8. The van der Waals surface area contributed by atoms with E-state index in [0.717, 1.165) is 31.5 Å². The molecule has 1 saturated heterocycles. The molecule has 0 saturated carbocycles. The second kappa shape index (κ2) is 28.9. The van der Waals surface area contributed by atoms with Crippen LogP contribution in [0.1, 0.15) is 27.7 Å². The van der Waals surface area contributed by atoms with Gasteiger partial charge in [0.2, 0.25) is 0 Å². The fourth-order valence-electron chi connectivity index (χ4n) is 3.94. The third-order valence-corrected chi connectivity index (χ3v) is 10.7. The number of nitrogens with zero attached hydrogens (tertiary/aromatic N) is 6. The lowest BCUT2D eigenvalue weighted by molar-refractivity contribution is -0.484. The van der Waals surface area contributed by atoms with Crippen molar-refractivity contribution in [2.24, 2.45) is 0 Å². The van der Waals surface area contributed by atoms with E-state index in [2.05, 4.69) is 100 Å². The Morgan fingerprint density at radius 1 is 0.759 bits per heavy atom. The number of rotatable bonds is 6. The Morgan fingerprint density at radius 3 is 1.11 bits per heavy atom. The van der Waals surface area contributed by atoms with Crippen molar-refractivity contribution < 1.29 is 56.9 Å². The van der Waals surface area contributed by atoms with E-state index in [1.54, 1.807) is 0 Å². The Labute approximate surface area is 346 Å². The van der Waals surface area contributed by atoms with Crippen LogP contribution >= 0.6 is 57.5 Å². The van der Waals surface area contributed by atoms with Crippen LogP contribution in [0.2, 0.25) is 39.3 Å². The summed E-state index contributed by atoms with van der Waals surface area (Å²) >= 11 is 25.9. The molecule has 0 unspecified atom stereocenters. The van der Waals surface area contributed by atoms with E-state index in [1.807, 2.05) is 23.6 Å². The summed E-state index contributed by atoms with van der Waals surface area (Å²) in [6, 6.07) is 0. The summed E-state index contributed by atoms with van der Waals surface area (Å²) < 4.78 is 122. The van der Waals surface area contributed by atoms with Gasteiger partial charge in [-0.1, -0.05) is 102 Å². The highest BCUT2D eigenvalue weighted by atomic mass is 35.6. The second-order valence-electron chi connectivity index (χ2n) is 13.1. The van der Waals surface area contributed by atoms with E-state index in [9.17, 15) is 26.3 Å². The lowest BCUT2D eigenvalue weighted by Gasteiger charge is -2.35. The Balaban J connectivity index is -0.000000177. The largest absolute Gasteiger partial charge is 0.741 e. The summed E-state index contributed by atoms with van der Waals surface area (Å²) in [6.07, 6.45) is 0.528. The van der Waals surface area contributed by atoms with Crippen molar-refractivity contribution in [2.75, 3.05) is 80.5 Å². The molecular weight excluding hydrogens is 916 g/mol. The number of halogens is 11. The maximum absolute atomic E-state index is 10.7. The molecule has 2 aliphatic rings. The van der Waals surface area contributed by atoms with E-state index in [0.29, 0.717) is 6.29 Å². The Bertz CT molecular complexity index is 1180. The number of hydrogen-bond acceptors (Lipinski definition) is 11. The van der Waals surface area contributed by atoms with Crippen LogP contribution in [0.4, 0.5) is 26.3 Å². The molecule has 27 heteroatoms. The Hall–Kier alpha value is 0.594. The molecule has 0 spiro atoms. The zero-order valence-corrected chi connectivity index (χ0v) is 40.8. The van der Waals surface area contributed by atoms with Gasteiger partial charge in [0.25, 0.3) is 0 Å². The number of hydrogen-bond donors (Lipinski definition) is 0. The van der Waals surface area contributed by atoms with Gasteiger partial charge in [0, 0.05) is 24.7 Å². The van der Waals surface area contributed by atoms with Gasteiger partial charge in [0.05, 0.1) is 14.1 Å². The lowest BCUT2D eigenvalue weighted by Crippen LogP contribution is -2.49. The van der Waals surface area contributed by atoms with E-state index in [1.165, 1.54) is 26.2 Å². The molecule has 0 aromatic rings. The third-order valence-electron chi connectivity index (χ3n) is 6.41. The maximum Gasteiger partial charge on any atom is 0.485 e. The molecule has 54 heavy (non-hydrogen) atoms. The fraction of sp³-hybridized carbons (Fsp3) is 0.963. The zero-order valence-electron chi connectivity index (χ0n) is 33.4. The molecule has 2 rings (SSSR count). The number of alkyl halides is 9. The van der Waals surface area contributed by atoms with Gasteiger partial charge >= 0.3 is 16.3 Å². The van der Waals surface area contributed by atoms with Crippen LogP contribution in [0.15, 0.2) is 0 Å². The fourth-order valence-corrected chi connectivity index (χ4v) is 6.01. The van der Waals surface area contributed by atoms with Crippen LogP contribution in [0, 0.1) is 0 Å². The van der Waals surface area contributed by atoms with Crippen molar-refractivity contribution >= 4 is 98.6 Å². The van der Waals surface area contributed by atoms with Gasteiger partial charge in [0.1, 0.15) is 35.0 Å². The van der Waals surface area contributed by atoms with Crippen LogP contribution in [-0.4, -0.2) is 178 Å². The van der Waals surface area contributed by atoms with Gasteiger partial charge in [0.15, 0.2) is 24.5 Å². The van der Waals surface area contributed by atoms with Crippen molar-refractivity contribution in [2.45, 2.75) is 88.6 Å². The smallest absolute Gasteiger partial charge is 0.485 e. The molecule has 2 aliphatic heterocycles. The van der Waals surface area contributed by atoms with Gasteiger partial charge in [-0.2, -0.15) is 37.4 Å². The van der Waals surface area contributed by atoms with Crippen molar-refractivity contribution in [1.29, 1.82) is 0 Å². The summed E-state index contributed by atoms with van der Waals surface area (Å²) in [5.41, 5.74) is -11.3. The molecule has 332 valence electrons. The minimum atomic E-state index is -6.09. The van der Waals surface area contributed by atoms with E-state index in [4.69, 9.17) is 83.4 Å². The van der Waals surface area contributed by atoms with Crippen molar-refractivity contribution in [3.8, 4) is 0 Å². The van der Waals surface area contributed by atoms with Crippen LogP contribution < -0.4 is 0 Å². The highest BCUT2D eigenvalue weighted by molar-refractivity contribution is 7.86. The van der Waals surface area contributed by atoms with Gasteiger partial charge < -0.3 is 13.7 Å². The van der Waals surface area contributed by atoms with Crippen LogP contribution in [-0.2, 0) is 20.2 Å². The minimum Gasteiger partial charge on any atom is -0.741 e. The first-order valence-electron chi connectivity index (χ1n) is 16.2. The molecule has 0 aliphatic carbocycles. The predicted molar refractivity (Wildman–Crippen MR) is 215 cm³/mol. The molecule has 12 nitrogen and oxygen atoms in total. The van der Waals surface area contributed by atoms with Gasteiger partial charge in [-0.15, -0.1) is 0 Å². The van der Waals surface area contributed by atoms with E-state index < -0.39 is 51.2 Å². The van der Waals surface area contributed by atoms with Gasteiger partial charge in [-0.25, -0.2) is 16.8 Å². The second-order valence-corrected chi connectivity index (χ2v) is 30.7. The SMILES string of the molecule is CCN(CC)C1N(C)CCN1C.CCN(CC)[Si](C)(C)C.CN1CC[N+](C)=C1Cl.C[Si](C)(C)Cl.ClC(Cl)Cl.O=S(=O)([O-])C(F)(F)F.O=S(=O)([O-])C(F)(F)F. The molecule has 0 amide bonds. The van der Waals surface area contributed by atoms with Crippen LogP contribution in [0.3, 0.4) is 0 Å². The van der Waals surface area contributed by atoms with E-state index in [-0.39, 0.29) is 0 Å². The molecule has 0 atom stereocenters. The Kier molecular flexibility index (Phi) is 34.1. The predicted octanol–water partition coefficient (Wildman–Crippen LogP) is 6.97. The normalized spacial score (nSPS) is 16.1. The average molecular weight is 976 g/mol. The summed E-state index contributed by atoms with van der Waals surface area (Å²) in [4.78, 5) is 9.33. The average Bonchev–Trinajstić information content (AvgIpc) is 3.42. The maximum atomic E-state index is 10.7. The molecule has 0 N–H and O–H groups in total. The summed E-state index contributed by atoms with van der Waals surface area (Å²) in [7, 11) is -5.89. The van der Waals surface area contributed by atoms with Crippen molar-refractivity contribution in [3.63, 3.8) is 0 Å². The zero-order chi connectivity index (χ0) is 44.9. The number of likely N-dealkylation sites (N-methyl/N-ethyl adjacent to an activating group) is 4. The highest BCUT2D eigenvalue weighted by Crippen LogP contribution is 2.21. The monoisotopic (exact) mass is 973 g/mol.